The second-order valence-corrected chi connectivity index (χ2v) is 7.11. The van der Waals surface area contributed by atoms with Crippen molar-refractivity contribution in [3.05, 3.63) is 71.3 Å². The largest absolute Gasteiger partial charge is 0.0616 e. The van der Waals surface area contributed by atoms with Crippen molar-refractivity contribution in [1.29, 1.82) is 0 Å². The Morgan fingerprint density at radius 1 is 0.810 bits per heavy atom. The summed E-state index contributed by atoms with van der Waals surface area (Å²) in [6.45, 7) is 6.85. The van der Waals surface area contributed by atoms with E-state index in [0.717, 1.165) is 6.42 Å². The third-order valence-corrected chi connectivity index (χ3v) is 4.67. The Bertz CT molecular complexity index is 848. The van der Waals surface area contributed by atoms with Crippen LogP contribution in [-0.2, 0) is 11.8 Å². The van der Waals surface area contributed by atoms with Crippen molar-refractivity contribution >= 4 is 10.8 Å². The fourth-order valence-corrected chi connectivity index (χ4v) is 3.42. The molecular formula is C21H20. The maximum absolute atomic E-state index is 2.40. The van der Waals surface area contributed by atoms with Gasteiger partial charge in [0, 0.05) is 0 Å². The van der Waals surface area contributed by atoms with Gasteiger partial charge in [0.1, 0.15) is 0 Å². The molecule has 0 saturated carbocycles. The molecule has 21 heavy (non-hydrogen) atoms. The van der Waals surface area contributed by atoms with E-state index in [2.05, 4.69) is 75.4 Å². The third kappa shape index (κ3) is 1.90. The fourth-order valence-electron chi connectivity index (χ4n) is 3.42. The normalized spacial score (nSPS) is 13.3. The van der Waals surface area contributed by atoms with Gasteiger partial charge < -0.3 is 0 Å². The minimum atomic E-state index is 0.203. The molecule has 1 aliphatic rings. The van der Waals surface area contributed by atoms with Crippen LogP contribution < -0.4 is 0 Å². The van der Waals surface area contributed by atoms with Gasteiger partial charge in [-0.3, -0.25) is 0 Å². The number of hydrogen-bond acceptors (Lipinski definition) is 0. The minimum absolute atomic E-state index is 0.203. The Labute approximate surface area is 126 Å². The lowest BCUT2D eigenvalue weighted by Crippen LogP contribution is -2.10. The summed E-state index contributed by atoms with van der Waals surface area (Å²) in [7, 11) is 0. The molecule has 0 saturated heterocycles. The van der Waals surface area contributed by atoms with Gasteiger partial charge in [-0.15, -0.1) is 0 Å². The van der Waals surface area contributed by atoms with Gasteiger partial charge in [-0.05, 0) is 50.4 Å². The maximum Gasteiger partial charge on any atom is -0.000728 e. The molecule has 4 rings (SSSR count). The topological polar surface area (TPSA) is 0 Å². The first kappa shape index (κ1) is 12.6. The van der Waals surface area contributed by atoms with E-state index >= 15 is 0 Å². The Morgan fingerprint density at radius 2 is 1.62 bits per heavy atom. The van der Waals surface area contributed by atoms with Crippen LogP contribution in [0.15, 0.2) is 54.6 Å². The number of fused-ring (bicyclic) bond motifs is 5. The van der Waals surface area contributed by atoms with Crippen LogP contribution in [-0.4, -0.2) is 0 Å². The Balaban J connectivity index is 1.97. The molecule has 0 aromatic heterocycles. The average Bonchev–Trinajstić information content (AvgIpc) is 2.84. The highest BCUT2D eigenvalue weighted by atomic mass is 14.3. The van der Waals surface area contributed by atoms with E-state index in [9.17, 15) is 0 Å². The lowest BCUT2D eigenvalue weighted by molar-refractivity contribution is 0.590. The molecular weight excluding hydrogens is 252 g/mol. The van der Waals surface area contributed by atoms with E-state index in [1.54, 1.807) is 0 Å². The van der Waals surface area contributed by atoms with Crippen LogP contribution in [0, 0.1) is 0 Å². The second-order valence-electron chi connectivity index (χ2n) is 7.11. The molecule has 0 aliphatic heterocycles. The summed E-state index contributed by atoms with van der Waals surface area (Å²) < 4.78 is 0. The first-order valence-electron chi connectivity index (χ1n) is 7.68. The van der Waals surface area contributed by atoms with Gasteiger partial charge in [-0.1, -0.05) is 75.4 Å². The molecule has 0 radical (unpaired) electrons. The van der Waals surface area contributed by atoms with Crippen LogP contribution in [0.25, 0.3) is 21.9 Å². The first-order chi connectivity index (χ1) is 10.0. The van der Waals surface area contributed by atoms with Crippen LogP contribution in [0.4, 0.5) is 0 Å². The highest BCUT2D eigenvalue weighted by molar-refractivity contribution is 5.95. The SMILES string of the molecule is CC(C)(C)c1ccc2c(c1)-c1ccc3ccccc3c1C2. The second kappa shape index (κ2) is 4.21. The zero-order chi connectivity index (χ0) is 14.6. The lowest BCUT2D eigenvalue weighted by atomic mass is 9.85. The molecule has 0 fully saturated rings. The van der Waals surface area contributed by atoms with E-state index < -0.39 is 0 Å². The van der Waals surface area contributed by atoms with Crippen LogP contribution in [0.1, 0.15) is 37.5 Å². The van der Waals surface area contributed by atoms with Crippen LogP contribution in [0.3, 0.4) is 0 Å². The van der Waals surface area contributed by atoms with E-state index in [0.29, 0.717) is 0 Å². The Morgan fingerprint density at radius 3 is 2.43 bits per heavy atom. The van der Waals surface area contributed by atoms with Crippen LogP contribution in [0.5, 0.6) is 0 Å². The molecule has 0 bridgehead atoms. The van der Waals surface area contributed by atoms with Gasteiger partial charge >= 0.3 is 0 Å². The van der Waals surface area contributed by atoms with Crippen molar-refractivity contribution in [2.24, 2.45) is 0 Å². The van der Waals surface area contributed by atoms with Gasteiger partial charge in [0.2, 0.25) is 0 Å². The summed E-state index contributed by atoms with van der Waals surface area (Å²) in [6.07, 6.45) is 1.07. The monoisotopic (exact) mass is 272 g/mol. The van der Waals surface area contributed by atoms with Gasteiger partial charge in [0.25, 0.3) is 0 Å². The minimum Gasteiger partial charge on any atom is -0.0616 e. The summed E-state index contributed by atoms with van der Waals surface area (Å²) in [5.74, 6) is 0. The molecule has 0 unspecified atom stereocenters. The smallest absolute Gasteiger partial charge is 0.000728 e. The molecule has 0 heteroatoms. The molecule has 0 N–H and O–H groups in total. The Kier molecular flexibility index (Phi) is 2.53. The summed E-state index contributed by atoms with van der Waals surface area (Å²) in [5, 5.41) is 2.75. The molecule has 0 amide bonds. The predicted octanol–water partition coefficient (Wildman–Crippen LogP) is 5.71. The molecule has 0 heterocycles. The molecule has 104 valence electrons. The van der Waals surface area contributed by atoms with Crippen molar-refractivity contribution in [2.45, 2.75) is 32.6 Å². The van der Waals surface area contributed by atoms with Crippen LogP contribution >= 0.6 is 0 Å². The number of hydrogen-bond donors (Lipinski definition) is 0. The molecule has 3 aromatic rings. The molecule has 3 aromatic carbocycles. The quantitative estimate of drug-likeness (QED) is 0.384. The summed E-state index contributed by atoms with van der Waals surface area (Å²) in [5.41, 5.74) is 7.44. The number of benzene rings is 3. The van der Waals surface area contributed by atoms with Crippen molar-refractivity contribution < 1.29 is 0 Å². The fraction of sp³-hybridized carbons (Fsp3) is 0.238. The zero-order valence-corrected chi connectivity index (χ0v) is 12.9. The van der Waals surface area contributed by atoms with Crippen LogP contribution in [0.2, 0.25) is 0 Å². The van der Waals surface area contributed by atoms with Gasteiger partial charge in [0.05, 0.1) is 0 Å². The highest BCUT2D eigenvalue weighted by Gasteiger charge is 2.23. The molecule has 1 aliphatic carbocycles. The van der Waals surface area contributed by atoms with Gasteiger partial charge in [-0.2, -0.15) is 0 Å². The van der Waals surface area contributed by atoms with E-state index in [1.165, 1.54) is 38.6 Å². The molecule has 0 nitrogen and oxygen atoms in total. The zero-order valence-electron chi connectivity index (χ0n) is 12.9. The van der Waals surface area contributed by atoms with E-state index in [1.807, 2.05) is 0 Å². The van der Waals surface area contributed by atoms with Crippen molar-refractivity contribution in [3.8, 4) is 11.1 Å². The molecule has 0 atom stereocenters. The first-order valence-corrected chi connectivity index (χ1v) is 7.68. The van der Waals surface area contributed by atoms with E-state index in [-0.39, 0.29) is 5.41 Å². The van der Waals surface area contributed by atoms with Crippen molar-refractivity contribution in [3.63, 3.8) is 0 Å². The Hall–Kier alpha value is -2.08. The molecule has 0 spiro atoms. The van der Waals surface area contributed by atoms with E-state index in [4.69, 9.17) is 0 Å². The highest BCUT2D eigenvalue weighted by Crippen LogP contribution is 2.41. The lowest BCUT2D eigenvalue weighted by Gasteiger charge is -2.20. The van der Waals surface area contributed by atoms with Crippen molar-refractivity contribution in [1.82, 2.24) is 0 Å². The van der Waals surface area contributed by atoms with Gasteiger partial charge in [0.15, 0.2) is 0 Å². The summed E-state index contributed by atoms with van der Waals surface area (Å²) in [6, 6.07) is 20.3. The summed E-state index contributed by atoms with van der Waals surface area (Å²) >= 11 is 0. The third-order valence-electron chi connectivity index (χ3n) is 4.67. The number of rotatable bonds is 0. The van der Waals surface area contributed by atoms with Crippen molar-refractivity contribution in [2.75, 3.05) is 0 Å². The summed E-state index contributed by atoms with van der Waals surface area (Å²) in [4.78, 5) is 0. The average molecular weight is 272 g/mol. The maximum atomic E-state index is 2.40. The predicted molar refractivity (Wildman–Crippen MR) is 90.9 cm³/mol. The van der Waals surface area contributed by atoms with Gasteiger partial charge in [-0.25, -0.2) is 0 Å². The standard InChI is InChI=1S/C21H20/c1-21(2,3)16-10-8-15-12-20-17-7-5-4-6-14(17)9-11-18(20)19(15)13-16/h4-11,13H,12H2,1-3H3.